The summed E-state index contributed by atoms with van der Waals surface area (Å²) in [6, 6.07) is 8.10. The Hall–Kier alpha value is -1.51. The van der Waals surface area contributed by atoms with Crippen molar-refractivity contribution in [3.05, 3.63) is 29.8 Å². The van der Waals surface area contributed by atoms with E-state index in [0.29, 0.717) is 12.3 Å². The Morgan fingerprint density at radius 3 is 2.60 bits per heavy atom. The Kier molecular flexibility index (Phi) is 6.05. The van der Waals surface area contributed by atoms with Crippen LogP contribution in [0.2, 0.25) is 0 Å². The van der Waals surface area contributed by atoms with Crippen molar-refractivity contribution in [2.45, 2.75) is 52.5 Å². The molecule has 1 aromatic rings. The van der Waals surface area contributed by atoms with Gasteiger partial charge in [0.05, 0.1) is 7.11 Å². The molecule has 0 heterocycles. The molecular weight excluding hydrogens is 250 g/mol. The maximum atomic E-state index is 12.3. The smallest absolute Gasteiger partial charge is 0.331 e. The lowest BCUT2D eigenvalue weighted by atomic mass is 9.84. The van der Waals surface area contributed by atoms with Gasteiger partial charge >= 0.3 is 5.97 Å². The predicted octanol–water partition coefficient (Wildman–Crippen LogP) is 4.16. The number of benzene rings is 1. The largest absolute Gasteiger partial charge is 0.467 e. The molecule has 1 rings (SSSR count). The number of carbonyl (C=O) groups excluding carboxylic acids is 1. The Balaban J connectivity index is 3.05. The van der Waals surface area contributed by atoms with Crippen molar-refractivity contribution in [1.29, 1.82) is 0 Å². The summed E-state index contributed by atoms with van der Waals surface area (Å²) in [5, 5.41) is 3.42. The number of nitrogens with one attached hydrogen (secondary N) is 1. The lowest BCUT2D eigenvalue weighted by Crippen LogP contribution is -2.48. The maximum absolute atomic E-state index is 12.3. The highest BCUT2D eigenvalue weighted by Crippen LogP contribution is 2.29. The minimum atomic E-state index is -0.641. The average molecular weight is 277 g/mol. The van der Waals surface area contributed by atoms with E-state index >= 15 is 0 Å². The Morgan fingerprint density at radius 1 is 1.40 bits per heavy atom. The number of rotatable bonds is 7. The van der Waals surface area contributed by atoms with Crippen LogP contribution in [0.3, 0.4) is 0 Å². The van der Waals surface area contributed by atoms with Crippen molar-refractivity contribution in [2.75, 3.05) is 12.4 Å². The highest BCUT2D eigenvalue weighted by atomic mass is 16.5. The van der Waals surface area contributed by atoms with Crippen LogP contribution in [0.4, 0.5) is 5.69 Å². The number of carbonyl (C=O) groups is 1. The summed E-state index contributed by atoms with van der Waals surface area (Å²) in [5.74, 6) is 0.285. The average Bonchev–Trinajstić information content (AvgIpc) is 2.45. The van der Waals surface area contributed by atoms with Gasteiger partial charge in [0.15, 0.2) is 0 Å². The fourth-order valence-electron chi connectivity index (χ4n) is 2.50. The first-order valence-electron chi connectivity index (χ1n) is 7.40. The molecule has 0 spiro atoms. The van der Waals surface area contributed by atoms with Gasteiger partial charge in [-0.15, -0.1) is 0 Å². The lowest BCUT2D eigenvalue weighted by Gasteiger charge is -2.34. The molecule has 0 bridgehead atoms. The monoisotopic (exact) mass is 277 g/mol. The van der Waals surface area contributed by atoms with Crippen LogP contribution in [-0.4, -0.2) is 18.6 Å². The number of hydrogen-bond donors (Lipinski definition) is 1. The van der Waals surface area contributed by atoms with Gasteiger partial charge in [0.2, 0.25) is 0 Å². The second-order valence-corrected chi connectivity index (χ2v) is 5.64. The molecular formula is C17H27NO2. The number of hydrogen-bond acceptors (Lipinski definition) is 3. The van der Waals surface area contributed by atoms with E-state index in [2.05, 4.69) is 25.2 Å². The van der Waals surface area contributed by atoms with Crippen molar-refractivity contribution < 1.29 is 9.53 Å². The van der Waals surface area contributed by atoms with Crippen molar-refractivity contribution in [2.24, 2.45) is 5.92 Å². The number of esters is 1. The molecule has 0 saturated carbocycles. The van der Waals surface area contributed by atoms with E-state index in [0.717, 1.165) is 18.5 Å². The second-order valence-electron chi connectivity index (χ2n) is 5.64. The zero-order valence-electron chi connectivity index (χ0n) is 13.3. The summed E-state index contributed by atoms with van der Waals surface area (Å²) in [6.45, 7) is 8.40. The highest BCUT2D eigenvalue weighted by molar-refractivity contribution is 5.84. The van der Waals surface area contributed by atoms with Gasteiger partial charge in [-0.2, -0.15) is 0 Å². The van der Waals surface area contributed by atoms with Crippen LogP contribution in [0.25, 0.3) is 0 Å². The summed E-state index contributed by atoms with van der Waals surface area (Å²) in [5.41, 5.74) is 1.51. The van der Waals surface area contributed by atoms with Crippen LogP contribution in [0.1, 0.15) is 45.6 Å². The molecule has 2 unspecified atom stereocenters. The summed E-state index contributed by atoms with van der Waals surface area (Å²) in [6.07, 6.45) is 2.53. The Labute approximate surface area is 122 Å². The molecule has 2 atom stereocenters. The van der Waals surface area contributed by atoms with Gasteiger partial charge < -0.3 is 10.1 Å². The third-order valence-electron chi connectivity index (χ3n) is 3.98. The zero-order chi connectivity index (χ0) is 15.2. The first-order valence-corrected chi connectivity index (χ1v) is 7.40. The zero-order valence-corrected chi connectivity index (χ0v) is 13.3. The maximum Gasteiger partial charge on any atom is 0.331 e. The second kappa shape index (κ2) is 7.32. The van der Waals surface area contributed by atoms with Crippen LogP contribution in [0, 0.1) is 12.8 Å². The normalized spacial score (nSPS) is 15.2. The van der Waals surface area contributed by atoms with E-state index in [1.54, 1.807) is 0 Å². The van der Waals surface area contributed by atoms with E-state index in [-0.39, 0.29) is 5.97 Å². The van der Waals surface area contributed by atoms with Gasteiger partial charge in [-0.1, -0.05) is 39.3 Å². The minimum absolute atomic E-state index is 0.179. The molecule has 0 aliphatic rings. The third-order valence-corrected chi connectivity index (χ3v) is 3.98. The number of methoxy groups -OCH3 is 1. The first kappa shape index (κ1) is 16.5. The number of anilines is 1. The van der Waals surface area contributed by atoms with Gasteiger partial charge in [0.25, 0.3) is 0 Å². The van der Waals surface area contributed by atoms with Gasteiger partial charge in [-0.25, -0.2) is 4.79 Å². The lowest BCUT2D eigenvalue weighted by molar-refractivity contribution is -0.146. The fraction of sp³-hybridized carbons (Fsp3) is 0.588. The van der Waals surface area contributed by atoms with Crippen molar-refractivity contribution in [1.82, 2.24) is 0 Å². The first-order chi connectivity index (χ1) is 9.47. The molecule has 3 nitrogen and oxygen atoms in total. The molecule has 0 aliphatic carbocycles. The van der Waals surface area contributed by atoms with Gasteiger partial charge in [0, 0.05) is 5.69 Å². The SMILES string of the molecule is CCC(C)CC(CC)(Nc1cccc(C)c1)C(=O)OC. The molecule has 112 valence electrons. The van der Waals surface area contributed by atoms with Crippen LogP contribution < -0.4 is 5.32 Å². The van der Waals surface area contributed by atoms with Crippen LogP contribution in [-0.2, 0) is 9.53 Å². The van der Waals surface area contributed by atoms with E-state index in [9.17, 15) is 4.79 Å². The van der Waals surface area contributed by atoms with E-state index in [4.69, 9.17) is 4.74 Å². The molecule has 1 aromatic carbocycles. The summed E-state index contributed by atoms with van der Waals surface area (Å²) >= 11 is 0. The molecule has 0 saturated heterocycles. The quantitative estimate of drug-likeness (QED) is 0.760. The van der Waals surface area contributed by atoms with E-state index < -0.39 is 5.54 Å². The molecule has 20 heavy (non-hydrogen) atoms. The molecule has 3 heteroatoms. The van der Waals surface area contributed by atoms with Gasteiger partial charge in [-0.3, -0.25) is 0 Å². The summed E-state index contributed by atoms with van der Waals surface area (Å²) < 4.78 is 5.05. The topological polar surface area (TPSA) is 38.3 Å². The summed E-state index contributed by atoms with van der Waals surface area (Å²) in [4.78, 5) is 12.3. The van der Waals surface area contributed by atoms with Crippen molar-refractivity contribution in [3.8, 4) is 0 Å². The summed E-state index contributed by atoms with van der Waals surface area (Å²) in [7, 11) is 1.46. The minimum Gasteiger partial charge on any atom is -0.467 e. The molecule has 0 radical (unpaired) electrons. The Bertz CT molecular complexity index is 444. The number of aryl methyl sites for hydroxylation is 1. The van der Waals surface area contributed by atoms with Crippen LogP contribution >= 0.6 is 0 Å². The predicted molar refractivity (Wildman–Crippen MR) is 83.9 cm³/mol. The third kappa shape index (κ3) is 3.99. The van der Waals surface area contributed by atoms with Crippen molar-refractivity contribution in [3.63, 3.8) is 0 Å². The molecule has 0 fully saturated rings. The van der Waals surface area contributed by atoms with Gasteiger partial charge in [-0.05, 0) is 43.4 Å². The Morgan fingerprint density at radius 2 is 2.10 bits per heavy atom. The molecule has 1 N–H and O–H groups in total. The van der Waals surface area contributed by atoms with Crippen LogP contribution in [0.15, 0.2) is 24.3 Å². The molecule has 0 aliphatic heterocycles. The highest BCUT2D eigenvalue weighted by Gasteiger charge is 2.38. The molecule has 0 aromatic heterocycles. The van der Waals surface area contributed by atoms with E-state index in [1.165, 1.54) is 12.7 Å². The number of ether oxygens (including phenoxy) is 1. The fourth-order valence-corrected chi connectivity index (χ4v) is 2.50. The van der Waals surface area contributed by atoms with Crippen molar-refractivity contribution >= 4 is 11.7 Å². The van der Waals surface area contributed by atoms with Gasteiger partial charge in [0.1, 0.15) is 5.54 Å². The molecule has 0 amide bonds. The standard InChI is InChI=1S/C17H27NO2/c1-6-13(3)12-17(7-2,16(19)20-5)18-15-10-8-9-14(4)11-15/h8-11,13,18H,6-7,12H2,1-5H3. The van der Waals surface area contributed by atoms with Crippen LogP contribution in [0.5, 0.6) is 0 Å². The van der Waals surface area contributed by atoms with E-state index in [1.807, 2.05) is 32.0 Å².